The third-order valence-electron chi connectivity index (χ3n) is 4.42. The lowest BCUT2D eigenvalue weighted by Crippen LogP contribution is -2.40. The van der Waals surface area contributed by atoms with E-state index in [0.29, 0.717) is 17.9 Å². The zero-order chi connectivity index (χ0) is 17.6. The van der Waals surface area contributed by atoms with Crippen LogP contribution >= 0.6 is 0 Å². The highest BCUT2D eigenvalue weighted by Gasteiger charge is 2.16. The fraction of sp³-hybridized carbons (Fsp3) is 0.600. The molecule has 0 heterocycles. The van der Waals surface area contributed by atoms with Crippen LogP contribution in [0.2, 0.25) is 0 Å². The van der Waals surface area contributed by atoms with Gasteiger partial charge in [0.15, 0.2) is 0 Å². The SMILES string of the molecule is CC(C)(C)NC(=O)c1ccc(NC(=O)CCC2CCCCC2)cc1. The molecule has 0 atom stereocenters. The first-order valence-electron chi connectivity index (χ1n) is 9.06. The summed E-state index contributed by atoms with van der Waals surface area (Å²) in [7, 11) is 0. The normalized spacial score (nSPS) is 15.8. The van der Waals surface area contributed by atoms with Crippen molar-refractivity contribution in [2.45, 2.75) is 71.3 Å². The van der Waals surface area contributed by atoms with Crippen LogP contribution in [0, 0.1) is 5.92 Å². The maximum Gasteiger partial charge on any atom is 0.251 e. The molecule has 0 saturated heterocycles. The van der Waals surface area contributed by atoms with Gasteiger partial charge >= 0.3 is 0 Å². The van der Waals surface area contributed by atoms with Crippen LogP contribution < -0.4 is 10.6 Å². The van der Waals surface area contributed by atoms with E-state index in [1.165, 1.54) is 32.1 Å². The summed E-state index contributed by atoms with van der Waals surface area (Å²) in [4.78, 5) is 24.1. The van der Waals surface area contributed by atoms with Gasteiger partial charge < -0.3 is 10.6 Å². The van der Waals surface area contributed by atoms with Crippen LogP contribution in [-0.4, -0.2) is 17.4 Å². The van der Waals surface area contributed by atoms with Gasteiger partial charge in [-0.3, -0.25) is 9.59 Å². The molecule has 1 aliphatic rings. The van der Waals surface area contributed by atoms with Gasteiger partial charge in [-0.15, -0.1) is 0 Å². The highest BCUT2D eigenvalue weighted by atomic mass is 16.2. The number of benzene rings is 1. The molecule has 1 saturated carbocycles. The smallest absolute Gasteiger partial charge is 0.251 e. The van der Waals surface area contributed by atoms with Crippen molar-refractivity contribution in [3.05, 3.63) is 29.8 Å². The first-order valence-corrected chi connectivity index (χ1v) is 9.06. The van der Waals surface area contributed by atoms with Crippen LogP contribution in [0.15, 0.2) is 24.3 Å². The quantitative estimate of drug-likeness (QED) is 0.834. The van der Waals surface area contributed by atoms with Crippen molar-refractivity contribution in [1.82, 2.24) is 5.32 Å². The van der Waals surface area contributed by atoms with Crippen LogP contribution in [0.25, 0.3) is 0 Å². The number of amides is 2. The van der Waals surface area contributed by atoms with Crippen molar-refractivity contribution in [2.75, 3.05) is 5.32 Å². The minimum absolute atomic E-state index is 0.0625. The number of carbonyl (C=O) groups excluding carboxylic acids is 2. The van der Waals surface area contributed by atoms with Gasteiger partial charge in [0.25, 0.3) is 5.91 Å². The second-order valence-corrected chi connectivity index (χ2v) is 7.87. The molecule has 2 rings (SSSR count). The minimum Gasteiger partial charge on any atom is -0.347 e. The summed E-state index contributed by atoms with van der Waals surface area (Å²) in [5, 5.41) is 5.85. The van der Waals surface area contributed by atoms with Gasteiger partial charge in [0.2, 0.25) is 5.91 Å². The van der Waals surface area contributed by atoms with Crippen molar-refractivity contribution in [3.8, 4) is 0 Å². The lowest BCUT2D eigenvalue weighted by molar-refractivity contribution is -0.116. The summed E-state index contributed by atoms with van der Waals surface area (Å²) in [5.41, 5.74) is 1.09. The van der Waals surface area contributed by atoms with Gasteiger partial charge in [0.05, 0.1) is 0 Å². The van der Waals surface area contributed by atoms with Crippen molar-refractivity contribution in [1.29, 1.82) is 0 Å². The molecule has 0 unspecified atom stereocenters. The lowest BCUT2D eigenvalue weighted by Gasteiger charge is -2.21. The second kappa shape index (κ2) is 8.32. The molecule has 132 valence electrons. The Kier molecular flexibility index (Phi) is 6.41. The molecule has 0 aromatic heterocycles. The summed E-state index contributed by atoms with van der Waals surface area (Å²) in [6.07, 6.45) is 8.07. The summed E-state index contributed by atoms with van der Waals surface area (Å²) >= 11 is 0. The van der Waals surface area contributed by atoms with Gasteiger partial charge in [-0.25, -0.2) is 0 Å². The zero-order valence-corrected chi connectivity index (χ0v) is 15.2. The number of hydrogen-bond donors (Lipinski definition) is 2. The van der Waals surface area contributed by atoms with Crippen molar-refractivity contribution in [2.24, 2.45) is 5.92 Å². The van der Waals surface area contributed by atoms with E-state index >= 15 is 0 Å². The summed E-state index contributed by atoms with van der Waals surface area (Å²) in [6.45, 7) is 5.85. The number of carbonyl (C=O) groups is 2. The molecule has 0 aliphatic heterocycles. The minimum atomic E-state index is -0.261. The highest BCUT2D eigenvalue weighted by Crippen LogP contribution is 2.27. The molecular formula is C20H30N2O2. The molecule has 1 aromatic rings. The van der Waals surface area contributed by atoms with Crippen LogP contribution in [-0.2, 0) is 4.79 Å². The lowest BCUT2D eigenvalue weighted by atomic mass is 9.86. The average molecular weight is 330 g/mol. The Morgan fingerprint density at radius 1 is 1.04 bits per heavy atom. The molecule has 0 radical (unpaired) electrons. The van der Waals surface area contributed by atoms with Gasteiger partial charge in [-0.05, 0) is 57.4 Å². The van der Waals surface area contributed by atoms with E-state index in [2.05, 4.69) is 10.6 Å². The third kappa shape index (κ3) is 6.34. The highest BCUT2D eigenvalue weighted by molar-refractivity contribution is 5.96. The maximum atomic E-state index is 12.1. The molecule has 0 bridgehead atoms. The van der Waals surface area contributed by atoms with Gasteiger partial charge in [-0.2, -0.15) is 0 Å². The molecule has 2 amide bonds. The Bertz CT molecular complexity index is 552. The molecule has 1 aromatic carbocycles. The van der Waals surface area contributed by atoms with Crippen molar-refractivity contribution >= 4 is 17.5 Å². The Labute approximate surface area is 145 Å². The maximum absolute atomic E-state index is 12.1. The molecule has 1 aliphatic carbocycles. The summed E-state index contributed by atoms with van der Waals surface area (Å²) < 4.78 is 0. The van der Waals surface area contributed by atoms with Crippen LogP contribution in [0.5, 0.6) is 0 Å². The van der Waals surface area contributed by atoms with Crippen LogP contribution in [0.1, 0.15) is 76.1 Å². The predicted octanol–water partition coefficient (Wildman–Crippen LogP) is 4.51. The average Bonchev–Trinajstić information content (AvgIpc) is 2.53. The number of hydrogen-bond acceptors (Lipinski definition) is 2. The molecule has 1 fully saturated rings. The fourth-order valence-electron chi connectivity index (χ4n) is 3.15. The topological polar surface area (TPSA) is 58.2 Å². The van der Waals surface area contributed by atoms with E-state index < -0.39 is 0 Å². The Hall–Kier alpha value is -1.84. The number of anilines is 1. The Morgan fingerprint density at radius 2 is 1.67 bits per heavy atom. The van der Waals surface area contributed by atoms with E-state index in [1.807, 2.05) is 20.8 Å². The van der Waals surface area contributed by atoms with Crippen LogP contribution in [0.4, 0.5) is 5.69 Å². The fourth-order valence-corrected chi connectivity index (χ4v) is 3.15. The molecule has 2 N–H and O–H groups in total. The first kappa shape index (κ1) is 18.5. The number of nitrogens with one attached hydrogen (secondary N) is 2. The Morgan fingerprint density at radius 3 is 2.25 bits per heavy atom. The molecule has 24 heavy (non-hydrogen) atoms. The zero-order valence-electron chi connectivity index (χ0n) is 15.2. The predicted molar refractivity (Wildman–Crippen MR) is 98.1 cm³/mol. The van der Waals surface area contributed by atoms with E-state index in [4.69, 9.17) is 0 Å². The number of rotatable bonds is 5. The second-order valence-electron chi connectivity index (χ2n) is 7.87. The summed E-state index contributed by atoms with van der Waals surface area (Å²) in [5.74, 6) is 0.679. The monoisotopic (exact) mass is 330 g/mol. The Balaban J connectivity index is 1.80. The van der Waals surface area contributed by atoms with Crippen LogP contribution in [0.3, 0.4) is 0 Å². The van der Waals surface area contributed by atoms with Crippen molar-refractivity contribution < 1.29 is 9.59 Å². The third-order valence-corrected chi connectivity index (χ3v) is 4.42. The van der Waals surface area contributed by atoms with Gasteiger partial charge in [0, 0.05) is 23.2 Å². The summed E-state index contributed by atoms with van der Waals surface area (Å²) in [6, 6.07) is 7.07. The molecule has 4 heteroatoms. The molecule has 4 nitrogen and oxygen atoms in total. The van der Waals surface area contributed by atoms with E-state index in [0.717, 1.165) is 12.1 Å². The largest absolute Gasteiger partial charge is 0.347 e. The standard InChI is InChI=1S/C20H30N2O2/c1-20(2,3)22-19(24)16-10-12-17(13-11-16)21-18(23)14-9-15-7-5-4-6-8-15/h10-13,15H,4-9,14H2,1-3H3,(H,21,23)(H,22,24). The van der Waals surface area contributed by atoms with Crippen molar-refractivity contribution in [3.63, 3.8) is 0 Å². The molecular weight excluding hydrogens is 300 g/mol. The van der Waals surface area contributed by atoms with E-state index in [9.17, 15) is 9.59 Å². The first-order chi connectivity index (χ1) is 11.3. The van der Waals surface area contributed by atoms with E-state index in [1.54, 1.807) is 24.3 Å². The van der Waals surface area contributed by atoms with Gasteiger partial charge in [-0.1, -0.05) is 32.1 Å². The van der Waals surface area contributed by atoms with E-state index in [-0.39, 0.29) is 17.4 Å². The van der Waals surface area contributed by atoms with Gasteiger partial charge in [0.1, 0.15) is 0 Å². The molecule has 0 spiro atoms.